The van der Waals surface area contributed by atoms with Gasteiger partial charge in [-0.15, -0.1) is 0 Å². The molecule has 1 saturated carbocycles. The molecule has 1 heterocycles. The molecule has 100 valence electrons. The molecular formula is C14H29N3. The molecule has 0 bridgehead atoms. The van der Waals surface area contributed by atoms with Gasteiger partial charge in [0.15, 0.2) is 0 Å². The van der Waals surface area contributed by atoms with Crippen LogP contribution in [0, 0.1) is 5.92 Å². The van der Waals surface area contributed by atoms with Gasteiger partial charge in [-0.2, -0.15) is 0 Å². The Bertz CT molecular complexity index is 255. The van der Waals surface area contributed by atoms with Gasteiger partial charge in [-0.3, -0.25) is 9.80 Å². The molecule has 0 aromatic heterocycles. The summed E-state index contributed by atoms with van der Waals surface area (Å²) in [6.45, 7) is 14.9. The molecule has 0 atom stereocenters. The molecule has 1 saturated heterocycles. The molecule has 0 aromatic rings. The second-order valence-corrected chi connectivity index (χ2v) is 7.09. The van der Waals surface area contributed by atoms with E-state index in [-0.39, 0.29) is 0 Å². The third-order valence-electron chi connectivity index (χ3n) is 4.74. The Kier molecular flexibility index (Phi) is 3.54. The van der Waals surface area contributed by atoms with E-state index in [0.29, 0.717) is 11.1 Å². The molecule has 3 heteroatoms. The summed E-state index contributed by atoms with van der Waals surface area (Å²) < 4.78 is 0. The molecule has 2 N–H and O–H groups in total. The van der Waals surface area contributed by atoms with Crippen LogP contribution in [0.25, 0.3) is 0 Å². The van der Waals surface area contributed by atoms with Crippen LogP contribution in [0.3, 0.4) is 0 Å². The first-order valence-corrected chi connectivity index (χ1v) is 7.07. The molecule has 0 radical (unpaired) electrons. The van der Waals surface area contributed by atoms with Crippen molar-refractivity contribution in [2.45, 2.75) is 51.6 Å². The van der Waals surface area contributed by atoms with Crippen LogP contribution in [0.4, 0.5) is 0 Å². The highest BCUT2D eigenvalue weighted by Crippen LogP contribution is 2.42. The molecular weight excluding hydrogens is 210 g/mol. The fraction of sp³-hybridized carbons (Fsp3) is 1.00. The van der Waals surface area contributed by atoms with Crippen LogP contribution in [-0.4, -0.2) is 53.6 Å². The second kappa shape index (κ2) is 4.52. The van der Waals surface area contributed by atoms with Gasteiger partial charge in [-0.05, 0) is 39.5 Å². The maximum absolute atomic E-state index is 6.03. The highest BCUT2D eigenvalue weighted by atomic mass is 15.3. The van der Waals surface area contributed by atoms with Gasteiger partial charge in [-0.25, -0.2) is 0 Å². The lowest BCUT2D eigenvalue weighted by atomic mass is 9.68. The monoisotopic (exact) mass is 239 g/mol. The molecule has 1 aliphatic heterocycles. The van der Waals surface area contributed by atoms with Crippen molar-refractivity contribution >= 4 is 0 Å². The molecule has 0 spiro atoms. The smallest absolute Gasteiger partial charge is 0.0337 e. The molecule has 0 amide bonds. The quantitative estimate of drug-likeness (QED) is 0.793. The molecule has 0 aromatic carbocycles. The van der Waals surface area contributed by atoms with E-state index in [9.17, 15) is 0 Å². The lowest BCUT2D eigenvalue weighted by Gasteiger charge is -2.56. The van der Waals surface area contributed by atoms with Crippen molar-refractivity contribution in [1.82, 2.24) is 9.80 Å². The largest absolute Gasteiger partial charge is 0.329 e. The van der Waals surface area contributed by atoms with Crippen LogP contribution in [0.15, 0.2) is 0 Å². The van der Waals surface area contributed by atoms with Crippen molar-refractivity contribution in [3.63, 3.8) is 0 Å². The molecule has 0 unspecified atom stereocenters. The highest BCUT2D eigenvalue weighted by molar-refractivity contribution is 5.03. The van der Waals surface area contributed by atoms with Crippen LogP contribution in [0.2, 0.25) is 0 Å². The summed E-state index contributed by atoms with van der Waals surface area (Å²) >= 11 is 0. The van der Waals surface area contributed by atoms with E-state index in [1.807, 2.05) is 0 Å². The third kappa shape index (κ3) is 2.51. The topological polar surface area (TPSA) is 32.5 Å². The number of nitrogens with two attached hydrogens (primary N) is 1. The van der Waals surface area contributed by atoms with E-state index >= 15 is 0 Å². The number of piperazine rings is 1. The van der Waals surface area contributed by atoms with E-state index in [4.69, 9.17) is 5.73 Å². The number of rotatable bonds is 2. The summed E-state index contributed by atoms with van der Waals surface area (Å²) in [5.41, 5.74) is 6.69. The predicted molar refractivity (Wildman–Crippen MR) is 73.1 cm³/mol. The van der Waals surface area contributed by atoms with Crippen LogP contribution in [-0.2, 0) is 0 Å². The van der Waals surface area contributed by atoms with Crippen molar-refractivity contribution in [3.05, 3.63) is 0 Å². The standard InChI is InChI=1S/C14H29N3/c1-12-9-14(10-12,11-15)17-7-5-16(6-8-17)13(2,3)4/h12H,5-11,15H2,1-4H3. The number of nitrogens with zero attached hydrogens (tertiary/aromatic N) is 2. The summed E-state index contributed by atoms with van der Waals surface area (Å²) in [7, 11) is 0. The van der Waals surface area contributed by atoms with E-state index in [1.165, 1.54) is 39.0 Å². The van der Waals surface area contributed by atoms with Crippen LogP contribution >= 0.6 is 0 Å². The van der Waals surface area contributed by atoms with Crippen LogP contribution in [0.1, 0.15) is 40.5 Å². The lowest BCUT2D eigenvalue weighted by molar-refractivity contribution is -0.0535. The van der Waals surface area contributed by atoms with Crippen molar-refractivity contribution in [3.8, 4) is 0 Å². The van der Waals surface area contributed by atoms with E-state index < -0.39 is 0 Å². The summed E-state index contributed by atoms with van der Waals surface area (Å²) in [5, 5.41) is 0. The minimum atomic E-state index is 0.314. The van der Waals surface area contributed by atoms with Gasteiger partial charge >= 0.3 is 0 Å². The van der Waals surface area contributed by atoms with E-state index in [1.54, 1.807) is 0 Å². The molecule has 3 nitrogen and oxygen atoms in total. The lowest BCUT2D eigenvalue weighted by Crippen LogP contribution is -2.66. The van der Waals surface area contributed by atoms with E-state index in [0.717, 1.165) is 12.5 Å². The molecule has 17 heavy (non-hydrogen) atoms. The molecule has 1 aliphatic carbocycles. The Balaban J connectivity index is 1.91. The Morgan fingerprint density at radius 1 is 1.12 bits per heavy atom. The van der Waals surface area contributed by atoms with Crippen molar-refractivity contribution in [2.24, 2.45) is 11.7 Å². The first kappa shape index (κ1) is 13.3. The summed E-state index contributed by atoms with van der Waals surface area (Å²) in [5.74, 6) is 0.874. The Morgan fingerprint density at radius 2 is 1.65 bits per heavy atom. The number of hydrogen-bond donors (Lipinski definition) is 1. The zero-order chi connectivity index (χ0) is 12.7. The van der Waals surface area contributed by atoms with Crippen molar-refractivity contribution in [2.75, 3.05) is 32.7 Å². The molecule has 2 fully saturated rings. The number of hydrogen-bond acceptors (Lipinski definition) is 3. The average Bonchev–Trinajstić information content (AvgIpc) is 2.23. The maximum atomic E-state index is 6.03. The normalized spacial score (nSPS) is 36.9. The van der Waals surface area contributed by atoms with E-state index in [2.05, 4.69) is 37.5 Å². The van der Waals surface area contributed by atoms with Gasteiger partial charge in [0, 0.05) is 43.8 Å². The van der Waals surface area contributed by atoms with Gasteiger partial charge in [0.1, 0.15) is 0 Å². The van der Waals surface area contributed by atoms with Crippen molar-refractivity contribution in [1.29, 1.82) is 0 Å². The van der Waals surface area contributed by atoms with Gasteiger partial charge in [-0.1, -0.05) is 6.92 Å². The highest BCUT2D eigenvalue weighted by Gasteiger charge is 2.46. The minimum absolute atomic E-state index is 0.314. The average molecular weight is 239 g/mol. The van der Waals surface area contributed by atoms with Crippen molar-refractivity contribution < 1.29 is 0 Å². The minimum Gasteiger partial charge on any atom is -0.329 e. The molecule has 2 aliphatic rings. The SMILES string of the molecule is CC1CC(CN)(N2CCN(C(C)(C)C)CC2)C1. The van der Waals surface area contributed by atoms with Gasteiger partial charge in [0.25, 0.3) is 0 Å². The Hall–Kier alpha value is -0.120. The second-order valence-electron chi connectivity index (χ2n) is 7.09. The van der Waals surface area contributed by atoms with Gasteiger partial charge in [0.05, 0.1) is 0 Å². The Morgan fingerprint density at radius 3 is 2.00 bits per heavy atom. The van der Waals surface area contributed by atoms with Gasteiger partial charge < -0.3 is 5.73 Å². The summed E-state index contributed by atoms with van der Waals surface area (Å²) in [4.78, 5) is 5.26. The maximum Gasteiger partial charge on any atom is 0.0337 e. The zero-order valence-electron chi connectivity index (χ0n) is 12.0. The first-order valence-electron chi connectivity index (χ1n) is 7.07. The fourth-order valence-corrected chi connectivity index (χ4v) is 3.64. The predicted octanol–water partition coefficient (Wildman–Crippen LogP) is 1.53. The third-order valence-corrected chi connectivity index (χ3v) is 4.74. The Labute approximate surface area is 106 Å². The first-order chi connectivity index (χ1) is 7.87. The zero-order valence-corrected chi connectivity index (χ0v) is 12.0. The fourth-order valence-electron chi connectivity index (χ4n) is 3.64. The van der Waals surface area contributed by atoms with Crippen LogP contribution in [0.5, 0.6) is 0 Å². The summed E-state index contributed by atoms with van der Waals surface area (Å²) in [6, 6.07) is 0. The summed E-state index contributed by atoms with van der Waals surface area (Å²) in [6.07, 6.45) is 2.61. The molecule has 2 rings (SSSR count). The van der Waals surface area contributed by atoms with Crippen LogP contribution < -0.4 is 5.73 Å². The van der Waals surface area contributed by atoms with Gasteiger partial charge in [0.2, 0.25) is 0 Å².